The Bertz CT molecular complexity index is 602. The van der Waals surface area contributed by atoms with Crippen molar-refractivity contribution in [1.82, 2.24) is 15.2 Å². The molecule has 2 heterocycles. The second kappa shape index (κ2) is 7.42. The van der Waals surface area contributed by atoms with Crippen LogP contribution in [0.1, 0.15) is 17.6 Å². The maximum absolute atomic E-state index is 5.86. The second-order valence-electron chi connectivity index (χ2n) is 5.50. The highest BCUT2D eigenvalue weighted by molar-refractivity contribution is 7.09. The summed E-state index contributed by atoms with van der Waals surface area (Å²) in [5, 5.41) is 7.27. The van der Waals surface area contributed by atoms with Gasteiger partial charge in [0.05, 0.1) is 5.69 Å². The van der Waals surface area contributed by atoms with E-state index in [-0.39, 0.29) is 0 Å². The summed E-state index contributed by atoms with van der Waals surface area (Å²) in [7, 11) is 0. The summed E-state index contributed by atoms with van der Waals surface area (Å²) in [4.78, 5) is 7.14. The lowest BCUT2D eigenvalue weighted by molar-refractivity contribution is 0.164. The SMILES string of the molecule is C[C@H]1CNCCN1Cc1csc(COc2ccc(Cl)cc2)n1. The monoisotopic (exact) mass is 337 g/mol. The fraction of sp³-hybridized carbons (Fsp3) is 0.438. The fourth-order valence-electron chi connectivity index (χ4n) is 2.49. The van der Waals surface area contributed by atoms with Crippen LogP contribution in [0, 0.1) is 0 Å². The Morgan fingerprint density at radius 2 is 2.23 bits per heavy atom. The van der Waals surface area contributed by atoms with Crippen LogP contribution in [-0.2, 0) is 13.2 Å². The highest BCUT2D eigenvalue weighted by atomic mass is 35.5. The Morgan fingerprint density at radius 1 is 1.41 bits per heavy atom. The van der Waals surface area contributed by atoms with Gasteiger partial charge < -0.3 is 10.1 Å². The molecule has 1 fully saturated rings. The number of hydrogen-bond donors (Lipinski definition) is 1. The van der Waals surface area contributed by atoms with Crippen molar-refractivity contribution < 1.29 is 4.74 Å². The summed E-state index contributed by atoms with van der Waals surface area (Å²) >= 11 is 7.52. The van der Waals surface area contributed by atoms with Crippen LogP contribution in [0.25, 0.3) is 0 Å². The molecule has 1 aromatic heterocycles. The summed E-state index contributed by atoms with van der Waals surface area (Å²) in [5.41, 5.74) is 1.13. The quantitative estimate of drug-likeness (QED) is 0.909. The van der Waals surface area contributed by atoms with Gasteiger partial charge >= 0.3 is 0 Å². The minimum Gasteiger partial charge on any atom is -0.486 e. The molecule has 2 aromatic rings. The smallest absolute Gasteiger partial charge is 0.140 e. The standard InChI is InChI=1S/C16H20ClN3OS/c1-12-8-18-6-7-20(12)9-14-11-22-16(19-14)10-21-15-4-2-13(17)3-5-15/h2-5,11-12,18H,6-10H2,1H3/t12-/m0/s1. The lowest BCUT2D eigenvalue weighted by Crippen LogP contribution is -2.49. The number of hydrogen-bond acceptors (Lipinski definition) is 5. The van der Waals surface area contributed by atoms with Crippen molar-refractivity contribution in [2.75, 3.05) is 19.6 Å². The van der Waals surface area contributed by atoms with Crippen molar-refractivity contribution in [2.24, 2.45) is 0 Å². The van der Waals surface area contributed by atoms with Gasteiger partial charge in [0.1, 0.15) is 17.4 Å². The predicted molar refractivity (Wildman–Crippen MR) is 90.6 cm³/mol. The minimum absolute atomic E-state index is 0.503. The molecule has 0 spiro atoms. The van der Waals surface area contributed by atoms with Gasteiger partial charge in [0.2, 0.25) is 0 Å². The third kappa shape index (κ3) is 4.20. The van der Waals surface area contributed by atoms with E-state index in [2.05, 4.69) is 27.5 Å². The summed E-state index contributed by atoms with van der Waals surface area (Å²) in [6.07, 6.45) is 0. The number of rotatable bonds is 5. The van der Waals surface area contributed by atoms with Crippen molar-refractivity contribution in [1.29, 1.82) is 0 Å². The van der Waals surface area contributed by atoms with E-state index < -0.39 is 0 Å². The third-order valence-electron chi connectivity index (χ3n) is 3.78. The number of thiazole rings is 1. The molecule has 118 valence electrons. The topological polar surface area (TPSA) is 37.4 Å². The minimum atomic E-state index is 0.503. The number of nitrogens with zero attached hydrogens (tertiary/aromatic N) is 2. The van der Waals surface area contributed by atoms with Crippen LogP contribution in [0.4, 0.5) is 0 Å². The fourth-order valence-corrected chi connectivity index (χ4v) is 3.31. The molecule has 0 radical (unpaired) electrons. The summed E-state index contributed by atoms with van der Waals surface area (Å²) < 4.78 is 5.74. The highest BCUT2D eigenvalue weighted by Gasteiger charge is 2.18. The van der Waals surface area contributed by atoms with Gasteiger partial charge in [-0.25, -0.2) is 4.98 Å². The first-order valence-electron chi connectivity index (χ1n) is 7.47. The van der Waals surface area contributed by atoms with Crippen LogP contribution in [0.15, 0.2) is 29.6 Å². The second-order valence-corrected chi connectivity index (χ2v) is 6.88. The largest absolute Gasteiger partial charge is 0.486 e. The average Bonchev–Trinajstić information content (AvgIpc) is 2.97. The maximum Gasteiger partial charge on any atom is 0.140 e. The Kier molecular flexibility index (Phi) is 5.31. The molecule has 0 bridgehead atoms. The van der Waals surface area contributed by atoms with Gasteiger partial charge in [-0.3, -0.25) is 4.90 Å². The van der Waals surface area contributed by atoms with Crippen LogP contribution < -0.4 is 10.1 Å². The van der Waals surface area contributed by atoms with E-state index in [1.54, 1.807) is 11.3 Å². The first-order valence-corrected chi connectivity index (χ1v) is 8.73. The van der Waals surface area contributed by atoms with Gasteiger partial charge in [-0.05, 0) is 31.2 Å². The van der Waals surface area contributed by atoms with E-state index in [0.717, 1.165) is 42.6 Å². The lowest BCUT2D eigenvalue weighted by Gasteiger charge is -2.33. The van der Waals surface area contributed by atoms with Gasteiger partial charge in [0.25, 0.3) is 0 Å². The third-order valence-corrected chi connectivity index (χ3v) is 4.90. The van der Waals surface area contributed by atoms with Gasteiger partial charge in [-0.2, -0.15) is 0 Å². The number of nitrogens with one attached hydrogen (secondary N) is 1. The molecule has 0 saturated carbocycles. The van der Waals surface area contributed by atoms with Gasteiger partial charge in [0.15, 0.2) is 0 Å². The first kappa shape index (κ1) is 15.7. The number of aromatic nitrogens is 1. The molecule has 22 heavy (non-hydrogen) atoms. The number of piperazine rings is 1. The summed E-state index contributed by atoms with van der Waals surface area (Å²) in [6.45, 7) is 6.86. The maximum atomic E-state index is 5.86. The molecule has 1 N–H and O–H groups in total. The van der Waals surface area contributed by atoms with E-state index >= 15 is 0 Å². The molecule has 6 heteroatoms. The molecule has 3 rings (SSSR count). The lowest BCUT2D eigenvalue weighted by atomic mass is 10.2. The molecule has 0 aliphatic carbocycles. The van der Waals surface area contributed by atoms with E-state index in [0.29, 0.717) is 17.7 Å². The van der Waals surface area contributed by atoms with Gasteiger partial charge in [0, 0.05) is 42.6 Å². The van der Waals surface area contributed by atoms with Crippen molar-refractivity contribution in [3.63, 3.8) is 0 Å². The van der Waals surface area contributed by atoms with E-state index in [1.807, 2.05) is 24.3 Å². The average molecular weight is 338 g/mol. The number of halogens is 1. The van der Waals surface area contributed by atoms with Crippen molar-refractivity contribution in [2.45, 2.75) is 26.1 Å². The van der Waals surface area contributed by atoms with Crippen molar-refractivity contribution in [3.8, 4) is 5.75 Å². The first-order chi connectivity index (χ1) is 10.7. The Morgan fingerprint density at radius 3 is 3.00 bits per heavy atom. The van der Waals surface area contributed by atoms with E-state index in [9.17, 15) is 0 Å². The summed E-state index contributed by atoms with van der Waals surface area (Å²) in [6, 6.07) is 7.97. The highest BCUT2D eigenvalue weighted by Crippen LogP contribution is 2.19. The molecular weight excluding hydrogens is 318 g/mol. The molecule has 1 aliphatic rings. The Hall–Kier alpha value is -1.14. The molecule has 1 atom stereocenters. The van der Waals surface area contributed by atoms with Crippen LogP contribution in [0.5, 0.6) is 5.75 Å². The molecule has 1 aliphatic heterocycles. The van der Waals surface area contributed by atoms with E-state index in [1.165, 1.54) is 0 Å². The molecule has 4 nitrogen and oxygen atoms in total. The molecule has 0 unspecified atom stereocenters. The molecule has 1 saturated heterocycles. The van der Waals surface area contributed by atoms with Crippen LogP contribution in [0.3, 0.4) is 0 Å². The van der Waals surface area contributed by atoms with Crippen LogP contribution in [-0.4, -0.2) is 35.6 Å². The summed E-state index contributed by atoms with van der Waals surface area (Å²) in [5.74, 6) is 0.817. The van der Waals surface area contributed by atoms with E-state index in [4.69, 9.17) is 16.3 Å². The zero-order valence-electron chi connectivity index (χ0n) is 12.6. The number of ether oxygens (including phenoxy) is 1. The van der Waals surface area contributed by atoms with Crippen molar-refractivity contribution in [3.05, 3.63) is 45.4 Å². The van der Waals surface area contributed by atoms with Gasteiger partial charge in [-0.1, -0.05) is 11.6 Å². The zero-order valence-corrected chi connectivity index (χ0v) is 14.2. The predicted octanol–water partition coefficient (Wildman–Crippen LogP) is 3.17. The normalized spacial score (nSPS) is 19.3. The van der Waals surface area contributed by atoms with Gasteiger partial charge in [-0.15, -0.1) is 11.3 Å². The zero-order chi connectivity index (χ0) is 15.4. The molecule has 0 amide bonds. The molecular formula is C16H20ClN3OS. The van der Waals surface area contributed by atoms with Crippen LogP contribution in [0.2, 0.25) is 5.02 Å². The number of benzene rings is 1. The van der Waals surface area contributed by atoms with Crippen LogP contribution >= 0.6 is 22.9 Å². The Labute approximate surface area is 140 Å². The molecule has 1 aromatic carbocycles. The van der Waals surface area contributed by atoms with Crippen molar-refractivity contribution >= 4 is 22.9 Å². The Balaban J connectivity index is 1.53.